The van der Waals surface area contributed by atoms with Crippen LogP contribution in [-0.4, -0.2) is 5.25 Å². The molecule has 0 spiro atoms. The van der Waals surface area contributed by atoms with E-state index in [0.29, 0.717) is 16.2 Å². The Morgan fingerprint density at radius 2 is 1.93 bits per heavy atom. The van der Waals surface area contributed by atoms with Crippen molar-refractivity contribution in [1.82, 2.24) is 0 Å². The van der Waals surface area contributed by atoms with Crippen LogP contribution < -0.4 is 5.73 Å². The summed E-state index contributed by atoms with van der Waals surface area (Å²) >= 11 is 7.63. The number of thioether (sulfide) groups is 1. The number of nitrogens with two attached hydrogens (primary N) is 1. The largest absolute Gasteiger partial charge is 0.398 e. The lowest BCUT2D eigenvalue weighted by Gasteiger charge is -2.16. The van der Waals surface area contributed by atoms with Gasteiger partial charge in [-0.25, -0.2) is 0 Å². The highest BCUT2D eigenvalue weighted by Crippen LogP contribution is 2.33. The predicted octanol–water partition coefficient (Wildman–Crippen LogP) is 4.06. The van der Waals surface area contributed by atoms with Crippen LogP contribution in [0.15, 0.2) is 23.1 Å². The highest BCUT2D eigenvalue weighted by Gasteiger charge is 2.10. The number of halogens is 1. The smallest absolute Gasteiger partial charge is 0.0467 e. The second kappa shape index (κ2) is 4.94. The van der Waals surface area contributed by atoms with Gasteiger partial charge in [-0.05, 0) is 24.1 Å². The highest BCUT2D eigenvalue weighted by molar-refractivity contribution is 8.00. The van der Waals surface area contributed by atoms with E-state index in [0.717, 1.165) is 10.6 Å². The fraction of sp³-hybridized carbons (Fsp3) is 0.455. The maximum Gasteiger partial charge on any atom is 0.0467 e. The molecule has 1 nitrogen and oxygen atoms in total. The Morgan fingerprint density at radius 3 is 2.43 bits per heavy atom. The number of anilines is 1. The Labute approximate surface area is 95.0 Å². The zero-order valence-electron chi connectivity index (χ0n) is 8.75. The van der Waals surface area contributed by atoms with Crippen molar-refractivity contribution in [2.75, 3.05) is 5.73 Å². The molecule has 0 aromatic heterocycles. The number of hydrogen-bond acceptors (Lipinski definition) is 2. The van der Waals surface area contributed by atoms with Crippen molar-refractivity contribution in [2.45, 2.75) is 30.9 Å². The van der Waals surface area contributed by atoms with Gasteiger partial charge >= 0.3 is 0 Å². The summed E-state index contributed by atoms with van der Waals surface area (Å²) in [6, 6.07) is 5.67. The minimum atomic E-state index is 0.568. The topological polar surface area (TPSA) is 26.0 Å². The third-order valence-corrected chi connectivity index (χ3v) is 4.00. The molecule has 0 aliphatic rings. The first-order valence-corrected chi connectivity index (χ1v) is 5.98. The number of rotatable bonds is 3. The molecule has 78 valence electrons. The van der Waals surface area contributed by atoms with Gasteiger partial charge in [0.2, 0.25) is 0 Å². The van der Waals surface area contributed by atoms with Crippen molar-refractivity contribution in [2.24, 2.45) is 5.92 Å². The van der Waals surface area contributed by atoms with Gasteiger partial charge in [0.15, 0.2) is 0 Å². The van der Waals surface area contributed by atoms with Gasteiger partial charge in [-0.15, -0.1) is 11.8 Å². The van der Waals surface area contributed by atoms with Crippen LogP contribution in [-0.2, 0) is 0 Å². The average Bonchev–Trinajstić information content (AvgIpc) is 2.09. The van der Waals surface area contributed by atoms with Crippen molar-refractivity contribution >= 4 is 29.1 Å². The normalized spacial score (nSPS) is 13.2. The highest BCUT2D eigenvalue weighted by atomic mass is 35.5. The molecule has 0 aliphatic heterocycles. The fourth-order valence-electron chi connectivity index (χ4n) is 0.963. The lowest BCUT2D eigenvalue weighted by molar-refractivity contribution is 0.642. The summed E-state index contributed by atoms with van der Waals surface area (Å²) in [5, 5.41) is 1.27. The summed E-state index contributed by atoms with van der Waals surface area (Å²) in [5.41, 5.74) is 6.64. The molecule has 1 rings (SSSR count). The monoisotopic (exact) mass is 229 g/mol. The predicted molar refractivity (Wildman–Crippen MR) is 66.0 cm³/mol. The van der Waals surface area contributed by atoms with Crippen molar-refractivity contribution < 1.29 is 0 Å². The molecule has 1 atom stereocenters. The van der Waals surface area contributed by atoms with Crippen LogP contribution in [0.2, 0.25) is 5.02 Å². The number of hydrogen-bond donors (Lipinski definition) is 1. The third kappa shape index (κ3) is 3.10. The Balaban J connectivity index is 2.77. The molecule has 1 aromatic carbocycles. The number of nitrogen functional groups attached to an aromatic ring is 1. The van der Waals surface area contributed by atoms with E-state index >= 15 is 0 Å². The summed E-state index contributed by atoms with van der Waals surface area (Å²) in [6.07, 6.45) is 0. The number of benzene rings is 1. The minimum Gasteiger partial charge on any atom is -0.398 e. The minimum absolute atomic E-state index is 0.568. The van der Waals surface area contributed by atoms with E-state index < -0.39 is 0 Å². The molecule has 1 unspecified atom stereocenters. The van der Waals surface area contributed by atoms with Crippen molar-refractivity contribution in [3.63, 3.8) is 0 Å². The van der Waals surface area contributed by atoms with Gasteiger partial charge in [-0.1, -0.05) is 32.4 Å². The standard InChI is InChI=1S/C11H16ClNS/c1-7(2)8(3)14-11-5-4-9(12)6-10(11)13/h4-8H,13H2,1-3H3. The molecule has 0 radical (unpaired) electrons. The molecule has 14 heavy (non-hydrogen) atoms. The second-order valence-electron chi connectivity index (χ2n) is 3.75. The quantitative estimate of drug-likeness (QED) is 0.625. The van der Waals surface area contributed by atoms with Crippen molar-refractivity contribution in [3.05, 3.63) is 23.2 Å². The second-order valence-corrected chi connectivity index (χ2v) is 5.60. The van der Waals surface area contributed by atoms with E-state index in [2.05, 4.69) is 20.8 Å². The zero-order valence-corrected chi connectivity index (χ0v) is 10.3. The summed E-state index contributed by atoms with van der Waals surface area (Å²) in [4.78, 5) is 1.12. The summed E-state index contributed by atoms with van der Waals surface area (Å²) in [7, 11) is 0. The van der Waals surface area contributed by atoms with Crippen LogP contribution in [0.3, 0.4) is 0 Å². The van der Waals surface area contributed by atoms with Crippen LogP contribution in [0.4, 0.5) is 5.69 Å². The molecule has 0 saturated carbocycles. The lowest BCUT2D eigenvalue weighted by atomic mass is 10.2. The van der Waals surface area contributed by atoms with E-state index in [1.807, 2.05) is 12.1 Å². The van der Waals surface area contributed by atoms with Crippen molar-refractivity contribution in [3.8, 4) is 0 Å². The molecule has 0 fully saturated rings. The first kappa shape index (κ1) is 11.7. The molecule has 1 aromatic rings. The van der Waals surface area contributed by atoms with Gasteiger partial charge in [0, 0.05) is 20.9 Å². The first-order chi connectivity index (χ1) is 6.50. The zero-order chi connectivity index (χ0) is 10.7. The molecule has 0 bridgehead atoms. The van der Waals surface area contributed by atoms with E-state index in [1.165, 1.54) is 0 Å². The van der Waals surface area contributed by atoms with Crippen LogP contribution in [0, 0.1) is 5.92 Å². The van der Waals surface area contributed by atoms with Gasteiger partial charge in [0.1, 0.15) is 0 Å². The van der Waals surface area contributed by atoms with Crippen LogP contribution >= 0.6 is 23.4 Å². The molecular weight excluding hydrogens is 214 g/mol. The Kier molecular flexibility index (Phi) is 4.14. The SMILES string of the molecule is CC(C)C(C)Sc1ccc(Cl)cc1N. The molecule has 0 aliphatic carbocycles. The Morgan fingerprint density at radius 1 is 1.29 bits per heavy atom. The molecule has 0 heterocycles. The van der Waals surface area contributed by atoms with Gasteiger partial charge in [0.25, 0.3) is 0 Å². The maximum atomic E-state index is 5.86. The van der Waals surface area contributed by atoms with E-state index in [4.69, 9.17) is 17.3 Å². The van der Waals surface area contributed by atoms with Gasteiger partial charge in [0.05, 0.1) is 0 Å². The molecule has 2 N–H and O–H groups in total. The summed E-state index contributed by atoms with van der Waals surface area (Å²) in [5.74, 6) is 0.648. The summed E-state index contributed by atoms with van der Waals surface area (Å²) < 4.78 is 0. The fourth-order valence-corrected chi connectivity index (χ4v) is 2.16. The third-order valence-electron chi connectivity index (χ3n) is 2.22. The van der Waals surface area contributed by atoms with Gasteiger partial charge in [-0.3, -0.25) is 0 Å². The molecule has 0 amide bonds. The van der Waals surface area contributed by atoms with Crippen LogP contribution in [0.1, 0.15) is 20.8 Å². The van der Waals surface area contributed by atoms with Gasteiger partial charge < -0.3 is 5.73 Å². The van der Waals surface area contributed by atoms with Crippen molar-refractivity contribution in [1.29, 1.82) is 0 Å². The van der Waals surface area contributed by atoms with E-state index in [1.54, 1.807) is 17.8 Å². The molecular formula is C11H16ClNS. The summed E-state index contributed by atoms with van der Waals surface area (Å²) in [6.45, 7) is 6.64. The van der Waals surface area contributed by atoms with Crippen LogP contribution in [0.5, 0.6) is 0 Å². The van der Waals surface area contributed by atoms with E-state index in [9.17, 15) is 0 Å². The first-order valence-electron chi connectivity index (χ1n) is 4.72. The maximum absolute atomic E-state index is 5.86. The van der Waals surface area contributed by atoms with Crippen LogP contribution in [0.25, 0.3) is 0 Å². The Hall–Kier alpha value is -0.340. The molecule has 3 heteroatoms. The average molecular weight is 230 g/mol. The Bertz CT molecular complexity index is 312. The molecule has 0 saturated heterocycles. The van der Waals surface area contributed by atoms with E-state index in [-0.39, 0.29) is 0 Å². The van der Waals surface area contributed by atoms with Gasteiger partial charge in [-0.2, -0.15) is 0 Å². The lowest BCUT2D eigenvalue weighted by Crippen LogP contribution is -2.05.